The third-order valence-corrected chi connectivity index (χ3v) is 9.54. The fourth-order valence-corrected chi connectivity index (χ4v) is 8.20. The van der Waals surface area contributed by atoms with Crippen molar-refractivity contribution in [3.05, 3.63) is 35.6 Å². The quantitative estimate of drug-likeness (QED) is 0.763. The molecule has 1 saturated heterocycles. The van der Waals surface area contributed by atoms with Crippen molar-refractivity contribution in [1.29, 1.82) is 0 Å². The predicted molar refractivity (Wildman–Crippen MR) is 111 cm³/mol. The van der Waals surface area contributed by atoms with Gasteiger partial charge >= 0.3 is 0 Å². The van der Waals surface area contributed by atoms with Crippen molar-refractivity contribution >= 4 is 16.1 Å². The number of carbonyl (C=O) groups excluding carboxylic acids is 1. The molecule has 6 nitrogen and oxygen atoms in total. The van der Waals surface area contributed by atoms with Gasteiger partial charge in [0, 0.05) is 19.6 Å². The number of likely N-dealkylation sites (N-methyl/N-ethyl adjacent to an activating group) is 1. The summed E-state index contributed by atoms with van der Waals surface area (Å²) in [4.78, 5) is 13.1. The molecule has 1 amide bonds. The topological polar surface area (TPSA) is 78.5 Å². The number of benzene rings is 1. The number of nitrogens with one attached hydrogen (secondary N) is 2. The highest BCUT2D eigenvalue weighted by Crippen LogP contribution is 2.59. The maximum atomic E-state index is 13.3. The van der Waals surface area contributed by atoms with Crippen LogP contribution in [0.3, 0.4) is 0 Å². The number of nitrogens with zero attached hydrogens (tertiary/aromatic N) is 1. The molecule has 1 aromatic carbocycles. The summed E-state index contributed by atoms with van der Waals surface area (Å²) in [6.45, 7) is 0.647. The number of rotatable bonds is 4. The van der Waals surface area contributed by atoms with Gasteiger partial charge in [-0.1, -0.05) is 12.1 Å². The predicted octanol–water partition coefficient (Wildman–Crippen LogP) is 2.74. The van der Waals surface area contributed by atoms with Crippen molar-refractivity contribution in [2.45, 2.75) is 57.0 Å². The van der Waals surface area contributed by atoms with Gasteiger partial charge in [-0.15, -0.1) is 0 Å². The van der Waals surface area contributed by atoms with E-state index in [-0.39, 0.29) is 17.1 Å². The molecule has 1 aliphatic heterocycles. The maximum Gasteiger partial charge on any atom is 0.280 e. The van der Waals surface area contributed by atoms with E-state index < -0.39 is 22.3 Å². The molecule has 4 aliphatic carbocycles. The first-order chi connectivity index (χ1) is 14.2. The molecule has 8 heteroatoms. The Morgan fingerprint density at radius 2 is 1.67 bits per heavy atom. The van der Waals surface area contributed by atoms with E-state index in [9.17, 15) is 17.6 Å². The average Bonchev–Trinajstić information content (AvgIpc) is 2.68. The van der Waals surface area contributed by atoms with Gasteiger partial charge in [0.2, 0.25) is 5.91 Å². The van der Waals surface area contributed by atoms with Crippen LogP contribution in [0.25, 0.3) is 0 Å². The first-order valence-electron chi connectivity index (χ1n) is 11.0. The van der Waals surface area contributed by atoms with Gasteiger partial charge < -0.3 is 5.32 Å². The number of amides is 1. The minimum Gasteiger partial charge on any atom is -0.354 e. The SMILES string of the molecule is CN1[C@@H](C(=O)NCC23CC4CC(CC(C4)C2)C3)C[C@@H](c2ccc(F)cc2)NS1(=O)=O. The molecule has 1 aromatic rings. The Bertz CT molecular complexity index is 898. The highest BCUT2D eigenvalue weighted by Gasteiger charge is 2.51. The third kappa shape index (κ3) is 3.67. The monoisotopic (exact) mass is 435 g/mol. The van der Waals surface area contributed by atoms with E-state index in [1.54, 1.807) is 12.1 Å². The summed E-state index contributed by atoms with van der Waals surface area (Å²) in [5.41, 5.74) is 0.859. The van der Waals surface area contributed by atoms with Gasteiger partial charge in [0.15, 0.2) is 0 Å². The summed E-state index contributed by atoms with van der Waals surface area (Å²) in [6.07, 6.45) is 7.94. The van der Waals surface area contributed by atoms with Crippen molar-refractivity contribution in [1.82, 2.24) is 14.3 Å². The molecular formula is C22H30FN3O3S. The van der Waals surface area contributed by atoms with Crippen LogP contribution in [0.2, 0.25) is 0 Å². The van der Waals surface area contributed by atoms with Crippen LogP contribution in [0, 0.1) is 29.0 Å². The van der Waals surface area contributed by atoms with Crippen LogP contribution in [0.1, 0.15) is 56.6 Å². The van der Waals surface area contributed by atoms with Gasteiger partial charge in [0.05, 0.1) is 0 Å². The summed E-state index contributed by atoms with van der Waals surface area (Å²) in [7, 11) is -2.35. The molecule has 4 saturated carbocycles. The van der Waals surface area contributed by atoms with E-state index in [4.69, 9.17) is 0 Å². The molecule has 4 bridgehead atoms. The molecule has 2 N–H and O–H groups in total. The Balaban J connectivity index is 1.29. The molecule has 164 valence electrons. The van der Waals surface area contributed by atoms with Gasteiger partial charge in [-0.3, -0.25) is 4.79 Å². The Morgan fingerprint density at radius 1 is 1.10 bits per heavy atom. The van der Waals surface area contributed by atoms with Gasteiger partial charge in [0.25, 0.3) is 10.2 Å². The van der Waals surface area contributed by atoms with Crippen molar-refractivity contribution < 1.29 is 17.6 Å². The minimum absolute atomic E-state index is 0.200. The molecule has 30 heavy (non-hydrogen) atoms. The van der Waals surface area contributed by atoms with Crippen molar-refractivity contribution in [3.63, 3.8) is 0 Å². The number of halogens is 1. The molecule has 2 atom stereocenters. The molecule has 5 fully saturated rings. The van der Waals surface area contributed by atoms with Crippen LogP contribution in [-0.2, 0) is 15.0 Å². The summed E-state index contributed by atoms with van der Waals surface area (Å²) in [5.74, 6) is 1.80. The first-order valence-corrected chi connectivity index (χ1v) is 12.5. The Labute approximate surface area is 177 Å². The highest BCUT2D eigenvalue weighted by molar-refractivity contribution is 7.87. The Hall–Kier alpha value is -1.51. The van der Waals surface area contributed by atoms with Gasteiger partial charge in [-0.05, 0) is 85.8 Å². The van der Waals surface area contributed by atoms with E-state index in [0.29, 0.717) is 18.5 Å². The fraction of sp³-hybridized carbons (Fsp3) is 0.682. The lowest BCUT2D eigenvalue weighted by molar-refractivity contribution is -0.127. The highest BCUT2D eigenvalue weighted by atomic mass is 32.2. The normalized spacial score (nSPS) is 39.7. The van der Waals surface area contributed by atoms with Gasteiger partial charge in [-0.2, -0.15) is 17.4 Å². The van der Waals surface area contributed by atoms with Crippen LogP contribution < -0.4 is 10.0 Å². The lowest BCUT2D eigenvalue weighted by Gasteiger charge is -2.57. The second-order valence-electron chi connectivity index (χ2n) is 10.1. The lowest BCUT2D eigenvalue weighted by Crippen LogP contribution is -2.58. The molecule has 6 rings (SSSR count). The Morgan fingerprint density at radius 3 is 2.23 bits per heavy atom. The number of carbonyl (C=O) groups is 1. The molecule has 0 spiro atoms. The summed E-state index contributed by atoms with van der Waals surface area (Å²) in [5, 5.41) is 3.13. The smallest absolute Gasteiger partial charge is 0.280 e. The minimum atomic E-state index is -3.80. The molecule has 1 heterocycles. The maximum absolute atomic E-state index is 13.3. The van der Waals surface area contributed by atoms with Crippen molar-refractivity contribution in [2.75, 3.05) is 13.6 Å². The van der Waals surface area contributed by atoms with Gasteiger partial charge in [0.1, 0.15) is 11.9 Å². The van der Waals surface area contributed by atoms with E-state index in [1.807, 2.05) is 0 Å². The van der Waals surface area contributed by atoms with Crippen LogP contribution in [0.15, 0.2) is 24.3 Å². The standard InChI is InChI=1S/C22H30FN3O3S/c1-26-20(9-19(25-30(26,28)29)17-2-4-18(23)5-3-17)21(27)24-13-22-10-14-6-15(11-22)8-16(7-14)12-22/h2-5,14-16,19-20,25H,6-13H2,1H3,(H,24,27)/t14?,15?,16?,19-,20+,22?/m0/s1. The summed E-state index contributed by atoms with van der Waals surface area (Å²) in [6, 6.07) is 4.42. The van der Waals surface area contributed by atoms with Gasteiger partial charge in [-0.25, -0.2) is 4.39 Å². The first kappa shape index (κ1) is 20.4. The molecular weight excluding hydrogens is 405 g/mol. The van der Waals surface area contributed by atoms with E-state index in [0.717, 1.165) is 22.1 Å². The fourth-order valence-electron chi connectivity index (χ4n) is 6.92. The van der Waals surface area contributed by atoms with Crippen LogP contribution in [-0.4, -0.2) is 38.3 Å². The number of hydrogen-bond acceptors (Lipinski definition) is 3. The Kier molecular flexibility index (Phi) is 4.95. The summed E-state index contributed by atoms with van der Waals surface area (Å²) >= 11 is 0. The third-order valence-electron chi connectivity index (χ3n) is 7.95. The van der Waals surface area contributed by atoms with Crippen LogP contribution >= 0.6 is 0 Å². The number of hydrogen-bond donors (Lipinski definition) is 2. The van der Waals surface area contributed by atoms with Crippen LogP contribution in [0.4, 0.5) is 4.39 Å². The zero-order valence-electron chi connectivity index (χ0n) is 17.3. The molecule has 5 aliphatic rings. The van der Waals surface area contributed by atoms with E-state index in [2.05, 4.69) is 10.0 Å². The van der Waals surface area contributed by atoms with E-state index >= 15 is 0 Å². The average molecular weight is 436 g/mol. The zero-order valence-corrected chi connectivity index (χ0v) is 18.1. The molecule has 0 unspecified atom stereocenters. The summed E-state index contributed by atoms with van der Waals surface area (Å²) < 4.78 is 42.3. The second-order valence-corrected chi connectivity index (χ2v) is 11.9. The van der Waals surface area contributed by atoms with Crippen molar-refractivity contribution in [3.8, 4) is 0 Å². The lowest BCUT2D eigenvalue weighted by atomic mass is 9.49. The van der Waals surface area contributed by atoms with Crippen LogP contribution in [0.5, 0.6) is 0 Å². The molecule has 0 aromatic heterocycles. The largest absolute Gasteiger partial charge is 0.354 e. The zero-order chi connectivity index (χ0) is 21.1. The van der Waals surface area contributed by atoms with Crippen molar-refractivity contribution in [2.24, 2.45) is 23.2 Å². The second kappa shape index (κ2) is 7.28. The molecule has 0 radical (unpaired) electrons. The van der Waals surface area contributed by atoms with E-state index in [1.165, 1.54) is 57.7 Å².